The maximum absolute atomic E-state index is 14.5. The Hall–Kier alpha value is -3.83. The van der Waals surface area contributed by atoms with Crippen LogP contribution in [0.1, 0.15) is 5.82 Å². The van der Waals surface area contributed by atoms with Crippen LogP contribution in [0.5, 0.6) is 0 Å². The highest BCUT2D eigenvalue weighted by molar-refractivity contribution is 8.00. The van der Waals surface area contributed by atoms with Crippen LogP contribution in [0.25, 0.3) is 27.8 Å². The zero-order chi connectivity index (χ0) is 23.7. The van der Waals surface area contributed by atoms with Gasteiger partial charge in [-0.05, 0) is 24.3 Å². The van der Waals surface area contributed by atoms with E-state index in [1.165, 1.54) is 41.1 Å². The van der Waals surface area contributed by atoms with Gasteiger partial charge in [0.1, 0.15) is 33.9 Å². The van der Waals surface area contributed by atoms with Crippen LogP contribution >= 0.6 is 23.4 Å². The maximum Gasteiger partial charge on any atom is 0.269 e. The number of rotatable bonds is 6. The number of aromatic nitrogens is 6. The second kappa shape index (κ2) is 9.20. The molecule has 0 unspecified atom stereocenters. The van der Waals surface area contributed by atoms with Crippen LogP contribution in [0.3, 0.4) is 0 Å². The summed E-state index contributed by atoms with van der Waals surface area (Å²) >= 11 is 7.53. The molecule has 5 rings (SSSR count). The molecule has 5 aromatic rings. The van der Waals surface area contributed by atoms with E-state index in [-0.39, 0.29) is 40.0 Å². The number of aromatic amines is 1. The molecule has 3 aromatic heterocycles. The molecule has 3 heterocycles. The van der Waals surface area contributed by atoms with Gasteiger partial charge in [0.15, 0.2) is 5.65 Å². The summed E-state index contributed by atoms with van der Waals surface area (Å²) in [5.41, 5.74) is 1.07. The molecule has 34 heavy (non-hydrogen) atoms. The van der Waals surface area contributed by atoms with Gasteiger partial charge in [-0.2, -0.15) is 0 Å². The van der Waals surface area contributed by atoms with Crippen LogP contribution < -0.4 is 10.9 Å². The number of imidazole rings is 1. The number of benzene rings is 2. The van der Waals surface area contributed by atoms with Crippen molar-refractivity contribution < 1.29 is 9.18 Å². The first kappa shape index (κ1) is 22.0. The Morgan fingerprint density at radius 2 is 2.00 bits per heavy atom. The second-order valence-electron chi connectivity index (χ2n) is 7.10. The predicted molar refractivity (Wildman–Crippen MR) is 127 cm³/mol. The van der Waals surface area contributed by atoms with Gasteiger partial charge >= 0.3 is 0 Å². The van der Waals surface area contributed by atoms with Crippen molar-refractivity contribution in [1.82, 2.24) is 34.8 Å². The van der Waals surface area contributed by atoms with Gasteiger partial charge in [-0.1, -0.05) is 41.6 Å². The lowest BCUT2D eigenvalue weighted by atomic mass is 10.2. The molecule has 2 N–H and O–H groups in total. The van der Waals surface area contributed by atoms with Crippen molar-refractivity contribution in [2.75, 3.05) is 5.75 Å². The molecule has 0 bridgehead atoms. The van der Waals surface area contributed by atoms with E-state index < -0.39 is 11.4 Å². The monoisotopic (exact) mass is 495 g/mol. The third kappa shape index (κ3) is 4.11. The normalized spacial score (nSPS) is 11.2. The number of carbonyl (C=O) groups is 1. The number of thioether (sulfide) groups is 1. The van der Waals surface area contributed by atoms with Crippen molar-refractivity contribution in [3.05, 3.63) is 82.1 Å². The molecular weight excluding hydrogens is 481 g/mol. The largest absolute Gasteiger partial charge is 0.348 e. The highest BCUT2D eigenvalue weighted by Gasteiger charge is 2.18. The van der Waals surface area contributed by atoms with Gasteiger partial charge in [-0.25, -0.2) is 24.3 Å². The van der Waals surface area contributed by atoms with Crippen LogP contribution in [0, 0.1) is 5.82 Å². The fourth-order valence-corrected chi connectivity index (χ4v) is 4.46. The van der Waals surface area contributed by atoms with Gasteiger partial charge in [-0.3, -0.25) is 14.2 Å². The summed E-state index contributed by atoms with van der Waals surface area (Å²) in [7, 11) is 0. The number of amides is 1. The molecule has 1 amide bonds. The smallest absolute Gasteiger partial charge is 0.269 e. The van der Waals surface area contributed by atoms with E-state index in [0.717, 1.165) is 0 Å². The van der Waals surface area contributed by atoms with Crippen molar-refractivity contribution in [2.45, 2.75) is 11.6 Å². The molecule has 170 valence electrons. The third-order valence-electron chi connectivity index (χ3n) is 4.98. The van der Waals surface area contributed by atoms with Crippen LogP contribution in [-0.2, 0) is 11.3 Å². The molecule has 0 saturated heterocycles. The average molecular weight is 496 g/mol. The zero-order valence-corrected chi connectivity index (χ0v) is 18.9. The maximum atomic E-state index is 14.5. The lowest BCUT2D eigenvalue weighted by molar-refractivity contribution is -0.118. The Balaban J connectivity index is 1.43. The van der Waals surface area contributed by atoms with Crippen LogP contribution in [-0.4, -0.2) is 41.1 Å². The number of halogens is 2. The molecule has 2 aromatic carbocycles. The number of H-pyrrole nitrogens is 1. The summed E-state index contributed by atoms with van der Waals surface area (Å²) in [6.07, 6.45) is 2.88. The minimum Gasteiger partial charge on any atom is -0.348 e. The Bertz CT molecular complexity index is 1600. The SMILES string of the molecule is O=C(CSc1ncnc2nc[nH]c12)NCc1nc2cccc(F)c2c(=O)n1-c1ccccc1Cl. The standard InChI is InChI=1S/C22H15ClFN7O2S/c23-12-4-1-2-7-15(12)31-16(30-14-6-3-5-13(24)18(14)22(31)33)8-25-17(32)9-34-21-19-20(27-10-26-19)28-11-29-21/h1-7,10-11H,8-9H2,(H,25,32)(H,26,27,28,29). The van der Waals surface area contributed by atoms with E-state index in [0.29, 0.717) is 21.9 Å². The number of carbonyl (C=O) groups excluding carboxylic acids is 1. The number of nitrogens with one attached hydrogen (secondary N) is 2. The molecule has 0 aliphatic rings. The van der Waals surface area contributed by atoms with E-state index >= 15 is 0 Å². The van der Waals surface area contributed by atoms with Crippen molar-refractivity contribution in [2.24, 2.45) is 0 Å². The number of hydrogen-bond donors (Lipinski definition) is 2. The molecule has 0 spiro atoms. The summed E-state index contributed by atoms with van der Waals surface area (Å²) in [6, 6.07) is 10.9. The summed E-state index contributed by atoms with van der Waals surface area (Å²) in [5, 5.41) is 3.48. The van der Waals surface area contributed by atoms with Crippen LogP contribution in [0.4, 0.5) is 4.39 Å². The Morgan fingerprint density at radius 1 is 1.15 bits per heavy atom. The topological polar surface area (TPSA) is 118 Å². The highest BCUT2D eigenvalue weighted by Crippen LogP contribution is 2.23. The van der Waals surface area contributed by atoms with Gasteiger partial charge in [0.2, 0.25) is 5.91 Å². The third-order valence-corrected chi connectivity index (χ3v) is 6.29. The number of nitrogens with zero attached hydrogens (tertiary/aromatic N) is 5. The molecule has 0 aliphatic heterocycles. The first-order valence-corrected chi connectivity index (χ1v) is 11.4. The van der Waals surface area contributed by atoms with Crippen molar-refractivity contribution in [3.63, 3.8) is 0 Å². The first-order chi connectivity index (χ1) is 16.5. The molecule has 0 radical (unpaired) electrons. The molecule has 9 nitrogen and oxygen atoms in total. The quantitative estimate of drug-likeness (QED) is 0.274. The number of para-hydroxylation sites is 1. The van der Waals surface area contributed by atoms with Gasteiger partial charge in [0.25, 0.3) is 5.56 Å². The lowest BCUT2D eigenvalue weighted by Gasteiger charge is -2.15. The van der Waals surface area contributed by atoms with Crippen molar-refractivity contribution in [1.29, 1.82) is 0 Å². The van der Waals surface area contributed by atoms with E-state index in [1.54, 1.807) is 30.3 Å². The Labute approximate surface area is 200 Å². The van der Waals surface area contributed by atoms with E-state index in [9.17, 15) is 14.0 Å². The van der Waals surface area contributed by atoms with Crippen LogP contribution in [0.2, 0.25) is 5.02 Å². The lowest BCUT2D eigenvalue weighted by Crippen LogP contribution is -2.31. The van der Waals surface area contributed by atoms with E-state index in [4.69, 9.17) is 11.6 Å². The first-order valence-electron chi connectivity index (χ1n) is 10.0. The summed E-state index contributed by atoms with van der Waals surface area (Å²) < 4.78 is 15.7. The Kier molecular flexibility index (Phi) is 5.95. The van der Waals surface area contributed by atoms with E-state index in [2.05, 4.69) is 30.2 Å². The number of hydrogen-bond acceptors (Lipinski definition) is 7. The molecule has 12 heteroatoms. The minimum atomic E-state index is -0.683. The second-order valence-corrected chi connectivity index (χ2v) is 8.47. The Morgan fingerprint density at radius 3 is 2.85 bits per heavy atom. The molecule has 0 saturated carbocycles. The van der Waals surface area contributed by atoms with E-state index in [1.807, 2.05) is 0 Å². The highest BCUT2D eigenvalue weighted by atomic mass is 35.5. The van der Waals surface area contributed by atoms with Crippen molar-refractivity contribution in [3.8, 4) is 5.69 Å². The predicted octanol–water partition coefficient (Wildman–Crippen LogP) is 3.25. The fraction of sp³-hybridized carbons (Fsp3) is 0.0909. The molecule has 0 atom stereocenters. The van der Waals surface area contributed by atoms with Gasteiger partial charge in [0, 0.05) is 0 Å². The zero-order valence-electron chi connectivity index (χ0n) is 17.3. The van der Waals surface area contributed by atoms with Crippen LogP contribution in [0.15, 0.2) is 64.9 Å². The van der Waals surface area contributed by atoms with Gasteiger partial charge in [0.05, 0.1) is 34.9 Å². The fourth-order valence-electron chi connectivity index (χ4n) is 3.45. The molecule has 0 fully saturated rings. The summed E-state index contributed by atoms with van der Waals surface area (Å²) in [5.74, 6) is -0.718. The van der Waals surface area contributed by atoms with Gasteiger partial charge in [-0.15, -0.1) is 0 Å². The molecule has 0 aliphatic carbocycles. The molecular formula is C22H15ClFN7O2S. The van der Waals surface area contributed by atoms with Gasteiger partial charge < -0.3 is 10.3 Å². The van der Waals surface area contributed by atoms with Crippen molar-refractivity contribution >= 4 is 51.3 Å². The minimum absolute atomic E-state index is 0.0592. The number of fused-ring (bicyclic) bond motifs is 2. The summed E-state index contributed by atoms with van der Waals surface area (Å²) in [6.45, 7) is -0.0739. The summed E-state index contributed by atoms with van der Waals surface area (Å²) in [4.78, 5) is 45.5. The average Bonchev–Trinajstić information content (AvgIpc) is 3.32.